The van der Waals surface area contributed by atoms with Crippen LogP contribution in [0.3, 0.4) is 0 Å². The fraction of sp³-hybridized carbons (Fsp3) is 0.415. The molecule has 0 radical (unpaired) electrons. The number of aliphatic hydroxyl groups excluding tert-OH is 9. The molecule has 0 bridgehead atoms. The number of esters is 1. The fourth-order valence-electron chi connectivity index (χ4n) is 7.14. The van der Waals surface area contributed by atoms with E-state index in [1.165, 1.54) is 12.1 Å². The topological polar surface area (TPSA) is 395 Å². The molecule has 65 heavy (non-hydrogen) atoms. The van der Waals surface area contributed by atoms with Crippen molar-refractivity contribution >= 4 is 23.0 Å². The van der Waals surface area contributed by atoms with E-state index >= 15 is 0 Å². The van der Waals surface area contributed by atoms with Gasteiger partial charge >= 0.3 is 5.97 Å². The van der Waals surface area contributed by atoms with Crippen LogP contribution in [0.2, 0.25) is 0 Å². The quantitative estimate of drug-likeness (QED) is 0.0384. The van der Waals surface area contributed by atoms with Gasteiger partial charge in [0.1, 0.15) is 77.4 Å². The minimum absolute atomic E-state index is 0.183. The van der Waals surface area contributed by atoms with Crippen LogP contribution in [0.4, 0.5) is 0 Å². The Morgan fingerprint density at radius 1 is 0.662 bits per heavy atom. The first-order valence-corrected chi connectivity index (χ1v) is 19.6. The normalized spacial score (nSPS) is 31.8. The summed E-state index contributed by atoms with van der Waals surface area (Å²) in [6.45, 7) is -2.38. The number of fused-ring (bicyclic) bond motifs is 1. The van der Waals surface area contributed by atoms with Gasteiger partial charge in [-0.3, -0.25) is 4.79 Å². The summed E-state index contributed by atoms with van der Waals surface area (Å²) >= 11 is 0. The Bertz CT molecular complexity index is 2440. The van der Waals surface area contributed by atoms with Gasteiger partial charge in [0, 0.05) is 23.8 Å². The lowest BCUT2D eigenvalue weighted by molar-refractivity contribution is -0.345. The molecule has 3 aliphatic heterocycles. The Morgan fingerprint density at radius 2 is 1.31 bits per heavy atom. The molecular formula is C41H44O24. The van der Waals surface area contributed by atoms with Gasteiger partial charge < -0.3 is 109 Å². The molecule has 4 heterocycles. The smallest absolute Gasteiger partial charge is 0.331 e. The van der Waals surface area contributed by atoms with Crippen LogP contribution in [-0.2, 0) is 28.5 Å². The standard InChI is InChI=1S/C41H44O24/c42-11-24-29(52)32(55)34(57)39(61-24)59-16-9-21(48)27-23(10-16)60-35(15-3-5-18(45)20(47)8-15)36(31(27)54)64-41-38(33(56)30(53)25(12-43)62-41)65-40-37(28(51)22(49)13-58-40)63-26(50)6-2-14-1-4-17(44)19(46)7-14/h1-10,22,24-25,28-30,32-34,37-49,51-53,55-57H,11-13H2/b6-2+/t22-,24-,25+,28+,29-,30-,32-,33+,34+,37-,38+,39+,40-,41+/m1/s1. The zero-order chi connectivity index (χ0) is 47.0. The zero-order valence-electron chi connectivity index (χ0n) is 33.3. The molecule has 24 nitrogen and oxygen atoms in total. The van der Waals surface area contributed by atoms with Gasteiger partial charge in [0.05, 0.1) is 19.8 Å². The summed E-state index contributed by atoms with van der Waals surface area (Å²) in [6, 6.07) is 8.61. The first kappa shape index (κ1) is 47.1. The summed E-state index contributed by atoms with van der Waals surface area (Å²) in [5, 5.41) is 145. The molecule has 3 fully saturated rings. The lowest BCUT2D eigenvalue weighted by Crippen LogP contribution is -2.64. The predicted octanol–water partition coefficient (Wildman–Crippen LogP) is -2.93. The van der Waals surface area contributed by atoms with Gasteiger partial charge in [0.25, 0.3) is 0 Å². The van der Waals surface area contributed by atoms with Gasteiger partial charge in [-0.05, 0) is 42.0 Å². The monoisotopic (exact) mass is 920 g/mol. The average molecular weight is 921 g/mol. The lowest BCUT2D eigenvalue weighted by Gasteiger charge is -2.45. The maximum atomic E-state index is 14.4. The van der Waals surface area contributed by atoms with E-state index in [0.717, 1.165) is 48.5 Å². The highest BCUT2D eigenvalue weighted by Crippen LogP contribution is 2.41. The van der Waals surface area contributed by atoms with Gasteiger partial charge in [0.2, 0.25) is 23.8 Å². The van der Waals surface area contributed by atoms with Crippen LogP contribution < -0.4 is 14.9 Å². The Kier molecular flexibility index (Phi) is 14.0. The number of rotatable bonds is 12. The molecule has 1 aromatic heterocycles. The molecule has 0 aliphatic carbocycles. The SMILES string of the molecule is O=C(/C=C/c1ccc(O)c(O)c1)O[C@H]1[C@@H](O[C@@H]2[C@H](Oc3c(-c4ccc(O)c(O)c4)oc4cc(O[C@H]5O[C@H](CO)[C@@H](O)[C@@H](O)[C@@H]5O)cc(O)c4c3=O)O[C@@H](CO)[C@@H](O)[C@@H]2O)OC[C@@H](O)[C@@H]1O. The molecule has 7 rings (SSSR count). The van der Waals surface area contributed by atoms with Crippen molar-refractivity contribution in [1.29, 1.82) is 0 Å². The predicted molar refractivity (Wildman–Crippen MR) is 211 cm³/mol. The van der Waals surface area contributed by atoms with Gasteiger partial charge in [-0.25, -0.2) is 4.79 Å². The largest absolute Gasteiger partial charge is 0.507 e. The molecule has 0 saturated carbocycles. The van der Waals surface area contributed by atoms with E-state index in [-0.39, 0.29) is 16.9 Å². The summed E-state index contributed by atoms with van der Waals surface area (Å²) in [5.74, 6) is -6.04. The number of carbonyl (C=O) groups is 1. The van der Waals surface area contributed by atoms with E-state index in [9.17, 15) is 81.1 Å². The van der Waals surface area contributed by atoms with Crippen molar-refractivity contribution in [2.45, 2.75) is 86.0 Å². The van der Waals surface area contributed by atoms with E-state index < -0.39 is 168 Å². The van der Waals surface area contributed by atoms with E-state index in [2.05, 4.69) is 0 Å². The Morgan fingerprint density at radius 3 is 1.97 bits per heavy atom. The molecule has 14 N–H and O–H groups in total. The van der Waals surface area contributed by atoms with Crippen LogP contribution in [0.5, 0.6) is 40.2 Å². The Hall–Kier alpha value is -5.84. The van der Waals surface area contributed by atoms with Gasteiger partial charge in [-0.1, -0.05) is 6.07 Å². The molecule has 0 unspecified atom stereocenters. The number of hydrogen-bond donors (Lipinski definition) is 14. The zero-order valence-corrected chi connectivity index (χ0v) is 33.3. The van der Waals surface area contributed by atoms with Crippen molar-refractivity contribution in [2.24, 2.45) is 0 Å². The third-order valence-corrected chi connectivity index (χ3v) is 10.7. The Labute approximate surface area is 364 Å². The van der Waals surface area contributed by atoms with Crippen molar-refractivity contribution in [1.82, 2.24) is 0 Å². The number of carbonyl (C=O) groups excluding carboxylic acids is 1. The third-order valence-electron chi connectivity index (χ3n) is 10.7. The molecule has 4 aromatic rings. The second kappa shape index (κ2) is 19.3. The van der Waals surface area contributed by atoms with Crippen LogP contribution in [-0.4, -0.2) is 183 Å². The van der Waals surface area contributed by atoms with Crippen LogP contribution in [0, 0.1) is 0 Å². The molecule has 352 valence electrons. The fourth-order valence-corrected chi connectivity index (χ4v) is 7.14. The number of hydrogen-bond acceptors (Lipinski definition) is 24. The first-order valence-electron chi connectivity index (χ1n) is 19.6. The lowest BCUT2D eigenvalue weighted by atomic mass is 9.98. The van der Waals surface area contributed by atoms with Crippen molar-refractivity contribution in [3.63, 3.8) is 0 Å². The van der Waals surface area contributed by atoms with Crippen LogP contribution >= 0.6 is 0 Å². The molecule has 14 atom stereocenters. The third kappa shape index (κ3) is 9.61. The number of aromatic hydroxyl groups is 5. The highest BCUT2D eigenvalue weighted by atomic mass is 16.8. The maximum Gasteiger partial charge on any atom is 0.331 e. The summed E-state index contributed by atoms with van der Waals surface area (Å²) in [6.07, 6.45) is -23.7. The average Bonchev–Trinajstić information content (AvgIpc) is 3.27. The summed E-state index contributed by atoms with van der Waals surface area (Å²) < 4.78 is 45.6. The van der Waals surface area contributed by atoms with Crippen molar-refractivity contribution in [3.05, 3.63) is 70.4 Å². The molecule has 3 aliphatic rings. The van der Waals surface area contributed by atoms with Crippen molar-refractivity contribution in [3.8, 4) is 51.6 Å². The summed E-state index contributed by atoms with van der Waals surface area (Å²) in [5.41, 5.74) is -1.61. The van der Waals surface area contributed by atoms with E-state index in [1.54, 1.807) is 0 Å². The Balaban J connectivity index is 1.24. The molecule has 3 saturated heterocycles. The molecule has 0 amide bonds. The summed E-state index contributed by atoms with van der Waals surface area (Å²) in [4.78, 5) is 27.4. The van der Waals surface area contributed by atoms with Crippen molar-refractivity contribution < 1.29 is 114 Å². The van der Waals surface area contributed by atoms with E-state index in [4.69, 9.17) is 37.6 Å². The maximum absolute atomic E-state index is 14.4. The highest BCUT2D eigenvalue weighted by Gasteiger charge is 2.52. The van der Waals surface area contributed by atoms with Crippen LogP contribution in [0.25, 0.3) is 28.4 Å². The first-order chi connectivity index (χ1) is 30.9. The van der Waals surface area contributed by atoms with Gasteiger partial charge in [0.15, 0.2) is 47.3 Å². The molecule has 0 spiro atoms. The second-order valence-electron chi connectivity index (χ2n) is 15.1. The number of benzene rings is 3. The van der Waals surface area contributed by atoms with Gasteiger partial charge in [-0.15, -0.1) is 0 Å². The molecular weight excluding hydrogens is 876 g/mol. The second-order valence-corrected chi connectivity index (χ2v) is 15.1. The highest BCUT2D eigenvalue weighted by molar-refractivity contribution is 5.89. The van der Waals surface area contributed by atoms with E-state index in [0.29, 0.717) is 0 Å². The van der Waals surface area contributed by atoms with Crippen LogP contribution in [0.15, 0.2) is 63.8 Å². The number of phenolic OH excluding ortho intramolecular Hbond substituents is 5. The van der Waals surface area contributed by atoms with E-state index in [1.807, 2.05) is 0 Å². The van der Waals surface area contributed by atoms with Crippen molar-refractivity contribution in [2.75, 3.05) is 19.8 Å². The minimum atomic E-state index is -2.10. The van der Waals surface area contributed by atoms with Gasteiger partial charge in [-0.2, -0.15) is 0 Å². The minimum Gasteiger partial charge on any atom is -0.507 e. The summed E-state index contributed by atoms with van der Waals surface area (Å²) in [7, 11) is 0. The number of aliphatic hydroxyl groups is 9. The molecule has 24 heteroatoms. The number of ether oxygens (including phenoxy) is 7. The van der Waals surface area contributed by atoms with Crippen LogP contribution in [0.1, 0.15) is 5.56 Å². The molecule has 3 aromatic carbocycles. The number of phenols is 5.